The molecule has 6 N–H and O–H groups in total. The molecule has 4 rings (SSSR count). The van der Waals surface area contributed by atoms with Crippen molar-refractivity contribution in [2.45, 2.75) is 45.6 Å². The molecule has 4 aromatic rings. The summed E-state index contributed by atoms with van der Waals surface area (Å²) in [6.07, 6.45) is 3.17. The minimum Gasteiger partial charge on any atom is -0.481 e. The molecule has 1 unspecified atom stereocenters. The Morgan fingerprint density at radius 2 is 1.72 bits per heavy atom. The number of carboxylic acid groups (broad SMARTS) is 2. The molecule has 0 aliphatic rings. The molecule has 0 spiro atoms. The highest BCUT2D eigenvalue weighted by Gasteiger charge is 2.27. The molecule has 0 fully saturated rings. The SMILES string of the molecule is CCCc1cn2c(COC(=O)C(CC(=O)O)c3ccc(-c4ccccc4)c(C(=O)O)c3)ccc(C)c2n1.O.O. The molecule has 0 aliphatic heterocycles. The molecule has 1 atom stereocenters. The van der Waals surface area contributed by atoms with Gasteiger partial charge in [-0.25, -0.2) is 9.78 Å². The third kappa shape index (κ3) is 6.86. The number of carboxylic acids is 2. The summed E-state index contributed by atoms with van der Waals surface area (Å²) >= 11 is 0. The molecule has 0 saturated carbocycles. The molecule has 2 heterocycles. The number of carbonyl (C=O) groups is 3. The zero-order valence-corrected chi connectivity index (χ0v) is 21.7. The van der Waals surface area contributed by atoms with Gasteiger partial charge in [0.1, 0.15) is 12.3 Å². The zero-order chi connectivity index (χ0) is 26.5. The number of esters is 1. The van der Waals surface area contributed by atoms with Crippen LogP contribution in [0.15, 0.2) is 66.9 Å². The maximum Gasteiger partial charge on any atom is 0.336 e. The van der Waals surface area contributed by atoms with Gasteiger partial charge >= 0.3 is 17.9 Å². The van der Waals surface area contributed by atoms with E-state index in [9.17, 15) is 24.6 Å². The number of rotatable bonds is 10. The monoisotopic (exact) mass is 536 g/mol. The maximum atomic E-state index is 13.1. The Bertz CT molecular complexity index is 1460. The molecular formula is C29H32N2O8. The van der Waals surface area contributed by atoms with Crippen LogP contribution >= 0.6 is 0 Å². The largest absolute Gasteiger partial charge is 0.481 e. The summed E-state index contributed by atoms with van der Waals surface area (Å²) in [6.45, 7) is 3.95. The summed E-state index contributed by atoms with van der Waals surface area (Å²) < 4.78 is 7.47. The highest BCUT2D eigenvalue weighted by Crippen LogP contribution is 2.30. The molecule has 10 heteroatoms. The van der Waals surface area contributed by atoms with Crippen molar-refractivity contribution in [2.24, 2.45) is 0 Å². The fraction of sp³-hybridized carbons (Fsp3) is 0.241. The lowest BCUT2D eigenvalue weighted by Gasteiger charge is -2.17. The molecule has 0 aliphatic carbocycles. The number of pyridine rings is 1. The van der Waals surface area contributed by atoms with Crippen LogP contribution in [-0.4, -0.2) is 48.5 Å². The number of fused-ring (bicyclic) bond motifs is 1. The first-order valence-corrected chi connectivity index (χ1v) is 12.1. The molecule has 0 radical (unpaired) electrons. The van der Waals surface area contributed by atoms with Crippen LogP contribution in [-0.2, 0) is 27.4 Å². The Hall–Kier alpha value is -4.54. The van der Waals surface area contributed by atoms with E-state index in [2.05, 4.69) is 11.9 Å². The number of benzene rings is 2. The van der Waals surface area contributed by atoms with Crippen molar-refractivity contribution in [1.82, 2.24) is 9.38 Å². The van der Waals surface area contributed by atoms with E-state index in [-0.39, 0.29) is 28.7 Å². The molecule has 10 nitrogen and oxygen atoms in total. The summed E-state index contributed by atoms with van der Waals surface area (Å²) in [6, 6.07) is 17.3. The minimum absolute atomic E-state index is 0. The van der Waals surface area contributed by atoms with E-state index in [0.717, 1.165) is 29.7 Å². The minimum atomic E-state index is -1.19. The number of aromatic nitrogens is 2. The summed E-state index contributed by atoms with van der Waals surface area (Å²) in [5.74, 6) is -4.27. The van der Waals surface area contributed by atoms with Gasteiger partial charge in [-0.15, -0.1) is 0 Å². The van der Waals surface area contributed by atoms with Gasteiger partial charge in [0.15, 0.2) is 0 Å². The quantitative estimate of drug-likeness (QED) is 0.290. The van der Waals surface area contributed by atoms with Crippen molar-refractivity contribution in [3.05, 3.63) is 94.9 Å². The third-order valence-electron chi connectivity index (χ3n) is 6.24. The van der Waals surface area contributed by atoms with Gasteiger partial charge in [-0.3, -0.25) is 9.59 Å². The number of carbonyl (C=O) groups excluding carboxylic acids is 1. The number of aliphatic carboxylic acids is 1. The van der Waals surface area contributed by atoms with Crippen LogP contribution in [0.3, 0.4) is 0 Å². The van der Waals surface area contributed by atoms with Crippen LogP contribution in [0.4, 0.5) is 0 Å². The smallest absolute Gasteiger partial charge is 0.336 e. The predicted octanol–water partition coefficient (Wildman–Crippen LogP) is 3.61. The average Bonchev–Trinajstić information content (AvgIpc) is 3.32. The molecule has 0 amide bonds. The number of aromatic carboxylic acids is 1. The fourth-order valence-corrected chi connectivity index (χ4v) is 4.38. The van der Waals surface area contributed by atoms with Crippen molar-refractivity contribution < 1.29 is 40.3 Å². The number of ether oxygens (including phenoxy) is 1. The van der Waals surface area contributed by atoms with Gasteiger partial charge < -0.3 is 30.3 Å². The van der Waals surface area contributed by atoms with Gasteiger partial charge in [0, 0.05) is 6.20 Å². The Balaban J connectivity index is 0.00000267. The van der Waals surface area contributed by atoms with Gasteiger partial charge in [0.25, 0.3) is 0 Å². The van der Waals surface area contributed by atoms with Gasteiger partial charge in [0.05, 0.1) is 29.3 Å². The lowest BCUT2D eigenvalue weighted by molar-refractivity contribution is -0.150. The molecular weight excluding hydrogens is 504 g/mol. The molecule has 2 aromatic heterocycles. The summed E-state index contributed by atoms with van der Waals surface area (Å²) in [5.41, 5.74) is 4.83. The lowest BCUT2D eigenvalue weighted by atomic mass is 9.90. The van der Waals surface area contributed by atoms with Crippen molar-refractivity contribution in [3.8, 4) is 11.1 Å². The molecule has 39 heavy (non-hydrogen) atoms. The topological polar surface area (TPSA) is 181 Å². The second kappa shape index (κ2) is 13.3. The van der Waals surface area contributed by atoms with Crippen molar-refractivity contribution in [2.75, 3.05) is 0 Å². The average molecular weight is 537 g/mol. The van der Waals surface area contributed by atoms with E-state index >= 15 is 0 Å². The van der Waals surface area contributed by atoms with Crippen LogP contribution < -0.4 is 0 Å². The van der Waals surface area contributed by atoms with Crippen LogP contribution in [0.5, 0.6) is 0 Å². The second-order valence-electron chi connectivity index (χ2n) is 8.92. The number of nitrogens with zero attached hydrogens (tertiary/aromatic N) is 2. The van der Waals surface area contributed by atoms with E-state index in [1.807, 2.05) is 35.7 Å². The van der Waals surface area contributed by atoms with E-state index in [4.69, 9.17) is 4.74 Å². The second-order valence-corrected chi connectivity index (χ2v) is 8.92. The van der Waals surface area contributed by atoms with E-state index in [1.165, 1.54) is 6.07 Å². The molecule has 0 bridgehead atoms. The standard InChI is InChI=1S/C29H28N2O6.2H2O/c1-3-7-21-16-31-22(12-10-18(2)27(31)30-21)17-37-29(36)24(15-26(32)33)20-11-13-23(25(14-20)28(34)35)19-8-5-4-6-9-19;;/h4-6,8-14,16,24H,3,7,15,17H2,1-2H3,(H,32,33)(H,34,35);2*1H2. The summed E-state index contributed by atoms with van der Waals surface area (Å²) in [7, 11) is 0. The number of hydrogen-bond donors (Lipinski definition) is 2. The van der Waals surface area contributed by atoms with Gasteiger partial charge in [-0.05, 0) is 47.7 Å². The van der Waals surface area contributed by atoms with Crippen LogP contribution in [0.2, 0.25) is 0 Å². The van der Waals surface area contributed by atoms with E-state index in [1.54, 1.807) is 36.4 Å². The van der Waals surface area contributed by atoms with E-state index in [0.29, 0.717) is 16.8 Å². The van der Waals surface area contributed by atoms with Crippen molar-refractivity contribution in [1.29, 1.82) is 0 Å². The lowest BCUT2D eigenvalue weighted by Crippen LogP contribution is -2.20. The van der Waals surface area contributed by atoms with Crippen LogP contribution in [0, 0.1) is 6.92 Å². The van der Waals surface area contributed by atoms with Crippen LogP contribution in [0.1, 0.15) is 58.6 Å². The van der Waals surface area contributed by atoms with E-state index < -0.39 is 30.2 Å². The first-order chi connectivity index (χ1) is 17.8. The van der Waals surface area contributed by atoms with Gasteiger partial charge in [-0.2, -0.15) is 0 Å². The van der Waals surface area contributed by atoms with Crippen molar-refractivity contribution >= 4 is 23.6 Å². The Kier molecular flexibility index (Phi) is 10.5. The van der Waals surface area contributed by atoms with Gasteiger partial charge in [0.2, 0.25) is 0 Å². The third-order valence-corrected chi connectivity index (χ3v) is 6.24. The highest BCUT2D eigenvalue weighted by molar-refractivity contribution is 5.97. The fourth-order valence-electron chi connectivity index (χ4n) is 4.38. The normalized spacial score (nSPS) is 11.2. The Morgan fingerprint density at radius 3 is 2.36 bits per heavy atom. The highest BCUT2D eigenvalue weighted by atomic mass is 16.5. The number of imidazole rings is 1. The zero-order valence-electron chi connectivity index (χ0n) is 21.7. The first-order valence-electron chi connectivity index (χ1n) is 12.1. The van der Waals surface area contributed by atoms with Crippen molar-refractivity contribution in [3.63, 3.8) is 0 Å². The maximum absolute atomic E-state index is 13.1. The predicted molar refractivity (Wildman–Crippen MR) is 145 cm³/mol. The molecule has 2 aromatic carbocycles. The molecule has 206 valence electrons. The first kappa shape index (κ1) is 30.7. The summed E-state index contributed by atoms with van der Waals surface area (Å²) in [4.78, 5) is 41.4. The Morgan fingerprint density at radius 1 is 1.00 bits per heavy atom. The van der Waals surface area contributed by atoms with Gasteiger partial charge in [-0.1, -0.05) is 61.9 Å². The Labute approximate surface area is 225 Å². The summed E-state index contributed by atoms with van der Waals surface area (Å²) in [5, 5.41) is 19.3. The number of aryl methyl sites for hydroxylation is 2. The van der Waals surface area contributed by atoms with Crippen LogP contribution in [0.25, 0.3) is 16.8 Å². The molecule has 0 saturated heterocycles. The number of hydrogen-bond acceptors (Lipinski definition) is 5.